The molecule has 0 radical (unpaired) electrons. The lowest BCUT2D eigenvalue weighted by molar-refractivity contribution is 0.0361. The van der Waals surface area contributed by atoms with Gasteiger partial charge in [0.15, 0.2) is 0 Å². The first-order chi connectivity index (χ1) is 6.65. The number of hydrogen-bond donors (Lipinski definition) is 1. The zero-order valence-corrected chi connectivity index (χ0v) is 8.13. The van der Waals surface area contributed by atoms with Crippen molar-refractivity contribution in [1.29, 1.82) is 0 Å². The molecule has 3 nitrogen and oxygen atoms in total. The van der Waals surface area contributed by atoms with Crippen LogP contribution in [-0.2, 0) is 4.84 Å². The molecule has 0 aromatic heterocycles. The lowest BCUT2D eigenvalue weighted by Gasteiger charge is -2.04. The van der Waals surface area contributed by atoms with Gasteiger partial charge in [0.2, 0.25) is 0 Å². The van der Waals surface area contributed by atoms with E-state index in [1.54, 1.807) is 19.9 Å². The zero-order valence-electron chi connectivity index (χ0n) is 8.13. The molecule has 0 fully saturated rings. The normalized spacial score (nSPS) is 9.93. The molecule has 14 heavy (non-hydrogen) atoms. The Balaban J connectivity index is 2.80. The molecule has 0 atom stereocenters. The smallest absolute Gasteiger partial charge is 0.274 e. The summed E-state index contributed by atoms with van der Waals surface area (Å²) in [6.45, 7) is 3.83. The molecule has 0 saturated carbocycles. The number of rotatable bonds is 3. The van der Waals surface area contributed by atoms with Crippen molar-refractivity contribution in [3.05, 3.63) is 35.1 Å². The van der Waals surface area contributed by atoms with E-state index >= 15 is 0 Å². The van der Waals surface area contributed by atoms with Gasteiger partial charge in [0.25, 0.3) is 5.91 Å². The molecule has 0 heterocycles. The van der Waals surface area contributed by atoms with Crippen molar-refractivity contribution < 1.29 is 14.0 Å². The number of amides is 1. The Bertz CT molecular complexity index is 339. The second-order valence-corrected chi connectivity index (χ2v) is 2.85. The molecular weight excluding hydrogens is 185 g/mol. The Labute approximate surface area is 81.8 Å². The van der Waals surface area contributed by atoms with Gasteiger partial charge in [0.05, 0.1) is 12.2 Å². The minimum atomic E-state index is -0.565. The Morgan fingerprint density at radius 3 is 2.86 bits per heavy atom. The van der Waals surface area contributed by atoms with Gasteiger partial charge in [-0.15, -0.1) is 0 Å². The van der Waals surface area contributed by atoms with E-state index in [1.807, 2.05) is 0 Å². The minimum absolute atomic E-state index is 0.0101. The summed E-state index contributed by atoms with van der Waals surface area (Å²) in [4.78, 5) is 15.9. The molecule has 0 unspecified atom stereocenters. The second kappa shape index (κ2) is 4.72. The van der Waals surface area contributed by atoms with Crippen LogP contribution in [0.5, 0.6) is 0 Å². The van der Waals surface area contributed by atoms with E-state index in [9.17, 15) is 9.18 Å². The molecule has 0 aliphatic rings. The quantitative estimate of drug-likeness (QED) is 0.750. The van der Waals surface area contributed by atoms with Gasteiger partial charge in [-0.25, -0.2) is 9.87 Å². The highest BCUT2D eigenvalue weighted by atomic mass is 19.1. The topological polar surface area (TPSA) is 38.3 Å². The van der Waals surface area contributed by atoms with E-state index in [-0.39, 0.29) is 5.56 Å². The maximum absolute atomic E-state index is 13.2. The number of aryl methyl sites for hydroxylation is 1. The van der Waals surface area contributed by atoms with Crippen LogP contribution in [-0.4, -0.2) is 12.5 Å². The molecule has 1 N–H and O–H groups in total. The van der Waals surface area contributed by atoms with Crippen LogP contribution in [0.3, 0.4) is 0 Å². The molecule has 1 aromatic rings. The molecule has 0 aliphatic heterocycles. The summed E-state index contributed by atoms with van der Waals surface area (Å²) in [6, 6.07) is 4.41. The first-order valence-electron chi connectivity index (χ1n) is 4.33. The number of hydrogen-bond acceptors (Lipinski definition) is 2. The Hall–Kier alpha value is -1.42. The van der Waals surface area contributed by atoms with Crippen LogP contribution < -0.4 is 5.48 Å². The van der Waals surface area contributed by atoms with E-state index in [0.29, 0.717) is 6.61 Å². The zero-order chi connectivity index (χ0) is 10.6. The van der Waals surface area contributed by atoms with Gasteiger partial charge in [-0.3, -0.25) is 9.63 Å². The van der Waals surface area contributed by atoms with Gasteiger partial charge < -0.3 is 0 Å². The highest BCUT2D eigenvalue weighted by molar-refractivity contribution is 5.93. The van der Waals surface area contributed by atoms with Gasteiger partial charge in [0.1, 0.15) is 5.82 Å². The van der Waals surface area contributed by atoms with Gasteiger partial charge in [-0.05, 0) is 31.5 Å². The summed E-state index contributed by atoms with van der Waals surface area (Å²) < 4.78 is 13.2. The van der Waals surface area contributed by atoms with Crippen LogP contribution >= 0.6 is 0 Å². The lowest BCUT2D eigenvalue weighted by atomic mass is 10.1. The molecule has 0 saturated heterocycles. The maximum Gasteiger partial charge on any atom is 0.277 e. The fraction of sp³-hybridized carbons (Fsp3) is 0.300. The van der Waals surface area contributed by atoms with Crippen molar-refractivity contribution >= 4 is 5.91 Å². The first-order valence-corrected chi connectivity index (χ1v) is 4.33. The Kier molecular flexibility index (Phi) is 3.59. The third kappa shape index (κ3) is 2.53. The van der Waals surface area contributed by atoms with Crippen LogP contribution in [0.1, 0.15) is 22.8 Å². The van der Waals surface area contributed by atoms with Crippen LogP contribution in [0.25, 0.3) is 0 Å². The van der Waals surface area contributed by atoms with Crippen molar-refractivity contribution in [2.24, 2.45) is 0 Å². The van der Waals surface area contributed by atoms with Crippen molar-refractivity contribution in [2.45, 2.75) is 13.8 Å². The molecular formula is C10H12FNO2. The fourth-order valence-corrected chi connectivity index (χ4v) is 0.997. The summed E-state index contributed by atoms with van der Waals surface area (Å²) >= 11 is 0. The van der Waals surface area contributed by atoms with Gasteiger partial charge in [0, 0.05) is 0 Å². The van der Waals surface area contributed by atoms with Crippen molar-refractivity contribution in [3.8, 4) is 0 Å². The van der Waals surface area contributed by atoms with E-state index in [2.05, 4.69) is 10.3 Å². The summed E-state index contributed by atoms with van der Waals surface area (Å²) in [7, 11) is 0. The number of benzene rings is 1. The van der Waals surface area contributed by atoms with Crippen molar-refractivity contribution in [3.63, 3.8) is 0 Å². The molecule has 1 amide bonds. The van der Waals surface area contributed by atoms with Crippen molar-refractivity contribution in [2.75, 3.05) is 6.61 Å². The predicted octanol–water partition coefficient (Wildman–Crippen LogP) is 1.82. The molecule has 1 rings (SSSR count). The fourth-order valence-electron chi connectivity index (χ4n) is 0.997. The van der Waals surface area contributed by atoms with Gasteiger partial charge >= 0.3 is 0 Å². The minimum Gasteiger partial charge on any atom is -0.274 e. The summed E-state index contributed by atoms with van der Waals surface area (Å²) in [5.74, 6) is -1.11. The molecule has 4 heteroatoms. The number of hydroxylamine groups is 1. The monoisotopic (exact) mass is 197 g/mol. The largest absolute Gasteiger partial charge is 0.277 e. The van der Waals surface area contributed by atoms with Crippen LogP contribution in [0, 0.1) is 12.7 Å². The number of carbonyl (C=O) groups excluding carboxylic acids is 1. The predicted molar refractivity (Wildman–Crippen MR) is 50.2 cm³/mol. The van der Waals surface area contributed by atoms with Crippen LogP contribution in [0.2, 0.25) is 0 Å². The molecule has 0 bridgehead atoms. The van der Waals surface area contributed by atoms with Crippen LogP contribution in [0.4, 0.5) is 4.39 Å². The SMILES string of the molecule is CCONC(=O)c1ccc(C)cc1F. The second-order valence-electron chi connectivity index (χ2n) is 2.85. The Morgan fingerprint density at radius 2 is 2.29 bits per heavy atom. The maximum atomic E-state index is 13.2. The molecule has 0 aliphatic carbocycles. The Morgan fingerprint density at radius 1 is 1.57 bits per heavy atom. The molecule has 76 valence electrons. The van der Waals surface area contributed by atoms with Gasteiger partial charge in [-0.2, -0.15) is 0 Å². The van der Waals surface area contributed by atoms with E-state index in [1.165, 1.54) is 12.1 Å². The molecule has 1 aromatic carbocycles. The average Bonchev–Trinajstić information content (AvgIpc) is 2.14. The number of carbonyl (C=O) groups is 1. The summed E-state index contributed by atoms with van der Waals surface area (Å²) in [6.07, 6.45) is 0. The average molecular weight is 197 g/mol. The van der Waals surface area contributed by atoms with E-state index in [4.69, 9.17) is 0 Å². The van der Waals surface area contributed by atoms with Crippen LogP contribution in [0.15, 0.2) is 18.2 Å². The lowest BCUT2D eigenvalue weighted by Crippen LogP contribution is -2.24. The van der Waals surface area contributed by atoms with E-state index in [0.717, 1.165) is 5.56 Å². The number of nitrogens with one attached hydrogen (secondary N) is 1. The number of halogens is 1. The highest BCUT2D eigenvalue weighted by Crippen LogP contribution is 2.09. The first kappa shape index (κ1) is 10.7. The summed E-state index contributed by atoms with van der Waals surface area (Å²) in [5, 5.41) is 0. The summed E-state index contributed by atoms with van der Waals surface area (Å²) in [5.41, 5.74) is 2.89. The highest BCUT2D eigenvalue weighted by Gasteiger charge is 2.10. The standard InChI is InChI=1S/C10H12FNO2/c1-3-14-12-10(13)8-5-4-7(2)6-9(8)11/h4-6H,3H2,1-2H3,(H,12,13). The third-order valence-electron chi connectivity index (χ3n) is 1.68. The van der Waals surface area contributed by atoms with E-state index < -0.39 is 11.7 Å². The van der Waals surface area contributed by atoms with Gasteiger partial charge in [-0.1, -0.05) is 6.07 Å². The third-order valence-corrected chi connectivity index (χ3v) is 1.68. The molecule has 0 spiro atoms. The van der Waals surface area contributed by atoms with Crippen molar-refractivity contribution in [1.82, 2.24) is 5.48 Å².